The third-order valence-electron chi connectivity index (χ3n) is 3.07. The molecule has 0 spiro atoms. The minimum absolute atomic E-state index is 0.196. The molecule has 0 amide bonds. The van der Waals surface area contributed by atoms with E-state index in [0.29, 0.717) is 6.54 Å². The zero-order valence-corrected chi connectivity index (χ0v) is 10.1. The highest BCUT2D eigenvalue weighted by Gasteiger charge is 2.12. The van der Waals surface area contributed by atoms with Crippen molar-refractivity contribution in [3.63, 3.8) is 0 Å². The van der Waals surface area contributed by atoms with E-state index in [2.05, 4.69) is 36.2 Å². The second-order valence-electron chi connectivity index (χ2n) is 4.14. The van der Waals surface area contributed by atoms with Gasteiger partial charge in [0, 0.05) is 24.4 Å². The number of aryl methyl sites for hydroxylation is 1. The molecule has 0 bridgehead atoms. The Labute approximate surface area is 103 Å². The number of nitrogens with two attached hydrogens (primary N) is 1. The van der Waals surface area contributed by atoms with E-state index in [0.717, 1.165) is 12.1 Å². The number of hydrogen-bond acceptors (Lipinski definition) is 2. The molecule has 1 aromatic heterocycles. The van der Waals surface area contributed by atoms with Crippen molar-refractivity contribution in [3.8, 4) is 0 Å². The predicted octanol–water partition coefficient (Wildman–Crippen LogP) is 2.73. The average molecular weight is 226 g/mol. The first-order valence-electron chi connectivity index (χ1n) is 6.05. The van der Waals surface area contributed by atoms with Crippen molar-refractivity contribution in [2.75, 3.05) is 6.54 Å². The third-order valence-corrected chi connectivity index (χ3v) is 3.07. The van der Waals surface area contributed by atoms with Crippen LogP contribution >= 0.6 is 0 Å². The standard InChI is InChI=1S/C15H18N2/c1-2-12-6-8-13(9-7-12)14(11-16)15-5-3-4-10-17-15/h3-10,14H,2,11,16H2,1H3/t14-/m0/s1. The van der Waals surface area contributed by atoms with E-state index < -0.39 is 0 Å². The minimum atomic E-state index is 0.196. The Morgan fingerprint density at radius 1 is 1.12 bits per heavy atom. The lowest BCUT2D eigenvalue weighted by Crippen LogP contribution is -2.15. The average Bonchev–Trinajstić information content (AvgIpc) is 2.42. The van der Waals surface area contributed by atoms with Crippen molar-refractivity contribution in [1.29, 1.82) is 0 Å². The summed E-state index contributed by atoms with van der Waals surface area (Å²) in [6.07, 6.45) is 2.88. The minimum Gasteiger partial charge on any atom is -0.329 e. The molecule has 0 radical (unpaired) electrons. The predicted molar refractivity (Wildman–Crippen MR) is 71.0 cm³/mol. The van der Waals surface area contributed by atoms with Gasteiger partial charge < -0.3 is 5.73 Å². The van der Waals surface area contributed by atoms with Gasteiger partial charge in [-0.1, -0.05) is 37.3 Å². The number of hydrogen-bond donors (Lipinski definition) is 1. The van der Waals surface area contributed by atoms with Crippen molar-refractivity contribution in [1.82, 2.24) is 4.98 Å². The fraction of sp³-hybridized carbons (Fsp3) is 0.267. The van der Waals surface area contributed by atoms with Crippen LogP contribution in [0.2, 0.25) is 0 Å². The van der Waals surface area contributed by atoms with Crippen molar-refractivity contribution < 1.29 is 0 Å². The highest BCUT2D eigenvalue weighted by atomic mass is 14.7. The molecule has 2 aromatic rings. The zero-order chi connectivity index (χ0) is 12.1. The van der Waals surface area contributed by atoms with Gasteiger partial charge in [-0.3, -0.25) is 4.98 Å². The molecule has 2 rings (SSSR count). The number of aromatic nitrogens is 1. The van der Waals surface area contributed by atoms with Gasteiger partial charge in [-0.25, -0.2) is 0 Å². The maximum absolute atomic E-state index is 5.87. The number of pyridine rings is 1. The summed E-state index contributed by atoms with van der Waals surface area (Å²) in [7, 11) is 0. The van der Waals surface area contributed by atoms with Crippen LogP contribution in [0.3, 0.4) is 0 Å². The number of rotatable bonds is 4. The summed E-state index contributed by atoms with van der Waals surface area (Å²) < 4.78 is 0. The second kappa shape index (κ2) is 5.60. The molecule has 1 aromatic carbocycles. The zero-order valence-electron chi connectivity index (χ0n) is 10.1. The van der Waals surface area contributed by atoms with E-state index in [1.807, 2.05) is 24.4 Å². The van der Waals surface area contributed by atoms with Gasteiger partial charge in [-0.15, -0.1) is 0 Å². The summed E-state index contributed by atoms with van der Waals surface area (Å²) in [5, 5.41) is 0. The molecule has 0 fully saturated rings. The summed E-state index contributed by atoms with van der Waals surface area (Å²) in [5.74, 6) is 0.196. The summed E-state index contributed by atoms with van der Waals surface area (Å²) in [5.41, 5.74) is 9.50. The first kappa shape index (κ1) is 11.8. The fourth-order valence-electron chi connectivity index (χ4n) is 2.00. The Bertz CT molecular complexity index is 448. The van der Waals surface area contributed by atoms with Crippen molar-refractivity contribution >= 4 is 0 Å². The van der Waals surface area contributed by atoms with Crippen LogP contribution in [0.25, 0.3) is 0 Å². The van der Waals surface area contributed by atoms with E-state index in [1.54, 1.807) is 0 Å². The van der Waals surface area contributed by atoms with Crippen LogP contribution in [0.1, 0.15) is 29.7 Å². The summed E-state index contributed by atoms with van der Waals surface area (Å²) >= 11 is 0. The second-order valence-corrected chi connectivity index (χ2v) is 4.14. The summed E-state index contributed by atoms with van der Waals surface area (Å²) in [6.45, 7) is 2.75. The molecule has 0 aliphatic rings. The van der Waals surface area contributed by atoms with E-state index in [-0.39, 0.29) is 5.92 Å². The van der Waals surface area contributed by atoms with Gasteiger partial charge in [-0.2, -0.15) is 0 Å². The van der Waals surface area contributed by atoms with Crippen molar-refractivity contribution in [3.05, 3.63) is 65.5 Å². The molecule has 17 heavy (non-hydrogen) atoms. The summed E-state index contributed by atoms with van der Waals surface area (Å²) in [6, 6.07) is 14.6. The monoisotopic (exact) mass is 226 g/mol. The quantitative estimate of drug-likeness (QED) is 0.870. The molecule has 0 saturated carbocycles. The smallest absolute Gasteiger partial charge is 0.0491 e. The fourth-order valence-corrected chi connectivity index (χ4v) is 2.00. The van der Waals surface area contributed by atoms with Gasteiger partial charge >= 0.3 is 0 Å². The van der Waals surface area contributed by atoms with E-state index in [9.17, 15) is 0 Å². The van der Waals surface area contributed by atoms with Crippen LogP contribution in [-0.2, 0) is 6.42 Å². The first-order chi connectivity index (χ1) is 8.35. The molecule has 0 aliphatic heterocycles. The third kappa shape index (κ3) is 2.71. The molecule has 2 N–H and O–H groups in total. The number of nitrogens with zero attached hydrogens (tertiary/aromatic N) is 1. The lowest BCUT2D eigenvalue weighted by molar-refractivity contribution is 0.786. The first-order valence-corrected chi connectivity index (χ1v) is 6.05. The molecule has 1 heterocycles. The van der Waals surface area contributed by atoms with E-state index >= 15 is 0 Å². The van der Waals surface area contributed by atoms with Gasteiger partial charge in [0.05, 0.1) is 0 Å². The SMILES string of the molecule is CCc1ccc([C@H](CN)c2ccccn2)cc1. The van der Waals surface area contributed by atoms with Gasteiger partial charge in [0.1, 0.15) is 0 Å². The van der Waals surface area contributed by atoms with Gasteiger partial charge in [0.25, 0.3) is 0 Å². The highest BCUT2D eigenvalue weighted by molar-refractivity contribution is 5.31. The molecular formula is C15H18N2. The Morgan fingerprint density at radius 3 is 2.41 bits per heavy atom. The Hall–Kier alpha value is -1.67. The van der Waals surface area contributed by atoms with Crippen LogP contribution in [0, 0.1) is 0 Å². The van der Waals surface area contributed by atoms with Gasteiger partial charge in [0.2, 0.25) is 0 Å². The topological polar surface area (TPSA) is 38.9 Å². The Balaban J connectivity index is 2.29. The lowest BCUT2D eigenvalue weighted by atomic mass is 9.94. The van der Waals surface area contributed by atoms with Crippen LogP contribution < -0.4 is 5.73 Å². The maximum Gasteiger partial charge on any atom is 0.0491 e. The van der Waals surface area contributed by atoms with Crippen LogP contribution in [0.5, 0.6) is 0 Å². The van der Waals surface area contributed by atoms with Crippen LogP contribution in [-0.4, -0.2) is 11.5 Å². The molecule has 0 saturated heterocycles. The Morgan fingerprint density at radius 2 is 1.88 bits per heavy atom. The summed E-state index contributed by atoms with van der Waals surface area (Å²) in [4.78, 5) is 4.39. The molecule has 0 aliphatic carbocycles. The largest absolute Gasteiger partial charge is 0.329 e. The van der Waals surface area contributed by atoms with Gasteiger partial charge in [-0.05, 0) is 29.7 Å². The normalized spacial score (nSPS) is 12.4. The van der Waals surface area contributed by atoms with E-state index in [1.165, 1.54) is 11.1 Å². The van der Waals surface area contributed by atoms with Crippen molar-refractivity contribution in [2.24, 2.45) is 5.73 Å². The molecule has 88 valence electrons. The number of benzene rings is 1. The molecule has 2 heteroatoms. The van der Waals surface area contributed by atoms with Crippen molar-refractivity contribution in [2.45, 2.75) is 19.3 Å². The van der Waals surface area contributed by atoms with Crippen LogP contribution in [0.4, 0.5) is 0 Å². The Kier molecular flexibility index (Phi) is 3.89. The molecule has 1 atom stereocenters. The van der Waals surface area contributed by atoms with E-state index in [4.69, 9.17) is 5.73 Å². The maximum atomic E-state index is 5.87. The molecule has 0 unspecified atom stereocenters. The molecule has 2 nitrogen and oxygen atoms in total. The lowest BCUT2D eigenvalue weighted by Gasteiger charge is -2.14. The molecular weight excluding hydrogens is 208 g/mol. The van der Waals surface area contributed by atoms with Gasteiger partial charge in [0.15, 0.2) is 0 Å². The van der Waals surface area contributed by atoms with Crippen LogP contribution in [0.15, 0.2) is 48.7 Å². The highest BCUT2D eigenvalue weighted by Crippen LogP contribution is 2.22.